The van der Waals surface area contributed by atoms with Gasteiger partial charge in [-0.2, -0.15) is 4.39 Å². The van der Waals surface area contributed by atoms with Gasteiger partial charge in [0.2, 0.25) is 11.6 Å². The van der Waals surface area contributed by atoms with Crippen molar-refractivity contribution in [2.45, 2.75) is 19.3 Å². The number of rotatable bonds is 4. The minimum Gasteiger partial charge on any atom is -0.465 e. The first-order valence-corrected chi connectivity index (χ1v) is 8.79. The molecule has 2 aromatic rings. The van der Waals surface area contributed by atoms with Crippen molar-refractivity contribution < 1.29 is 27.4 Å². The average molecular weight is 400 g/mol. The Bertz CT molecular complexity index is 853. The maximum Gasteiger partial charge on any atom is 0.343 e. The number of esters is 1. The molecule has 0 amide bonds. The van der Waals surface area contributed by atoms with Gasteiger partial charge in [-0.15, -0.1) is 0 Å². The van der Waals surface area contributed by atoms with E-state index in [1.165, 1.54) is 29.2 Å². The zero-order chi connectivity index (χ0) is 19.6. The minimum absolute atomic E-state index is 0.0759. The SMILES string of the molecule is COC(=O)c1c(F)c(F)c(Oc2ccc(Cl)cc2)c(F)c1N1CCCCC1. The molecule has 0 N–H and O–H groups in total. The molecular weight excluding hydrogens is 383 g/mol. The third-order valence-corrected chi connectivity index (χ3v) is 4.60. The first kappa shape index (κ1) is 19.4. The highest BCUT2D eigenvalue weighted by Gasteiger charge is 2.34. The molecule has 0 aliphatic carbocycles. The van der Waals surface area contributed by atoms with Gasteiger partial charge in [0.25, 0.3) is 0 Å². The summed E-state index contributed by atoms with van der Waals surface area (Å²) in [5, 5.41) is 0.407. The molecule has 0 radical (unpaired) electrons. The molecule has 0 bridgehead atoms. The van der Waals surface area contributed by atoms with E-state index in [2.05, 4.69) is 4.74 Å². The lowest BCUT2D eigenvalue weighted by Crippen LogP contribution is -2.32. The fraction of sp³-hybridized carbons (Fsp3) is 0.316. The molecule has 1 heterocycles. The van der Waals surface area contributed by atoms with Crippen molar-refractivity contribution in [2.24, 2.45) is 0 Å². The largest absolute Gasteiger partial charge is 0.465 e. The zero-order valence-corrected chi connectivity index (χ0v) is 15.3. The van der Waals surface area contributed by atoms with Crippen LogP contribution in [0.25, 0.3) is 0 Å². The number of benzene rings is 2. The van der Waals surface area contributed by atoms with E-state index >= 15 is 4.39 Å². The molecular formula is C19H17ClF3NO3. The Morgan fingerprint density at radius 1 is 1.00 bits per heavy atom. The molecule has 0 atom stereocenters. The standard InChI is InChI=1S/C19H17ClF3NO3/c1-26-19(25)13-14(21)15(22)18(27-12-7-5-11(20)6-8-12)16(23)17(13)24-9-3-2-4-10-24/h5-8H,2-4,9-10H2,1H3. The molecule has 2 aromatic carbocycles. The van der Waals surface area contributed by atoms with Crippen LogP contribution in [0.15, 0.2) is 24.3 Å². The van der Waals surface area contributed by atoms with Crippen LogP contribution in [-0.2, 0) is 4.74 Å². The molecule has 0 spiro atoms. The van der Waals surface area contributed by atoms with Crippen LogP contribution in [0.3, 0.4) is 0 Å². The first-order valence-electron chi connectivity index (χ1n) is 8.41. The van der Waals surface area contributed by atoms with Gasteiger partial charge >= 0.3 is 5.97 Å². The summed E-state index contributed by atoms with van der Waals surface area (Å²) in [4.78, 5) is 13.5. The molecule has 144 valence electrons. The van der Waals surface area contributed by atoms with Crippen molar-refractivity contribution in [3.8, 4) is 11.5 Å². The van der Waals surface area contributed by atoms with Gasteiger partial charge in [-0.25, -0.2) is 13.6 Å². The molecule has 8 heteroatoms. The number of nitrogens with zero attached hydrogens (tertiary/aromatic N) is 1. The number of hydrogen-bond acceptors (Lipinski definition) is 4. The van der Waals surface area contributed by atoms with E-state index in [-0.39, 0.29) is 11.4 Å². The van der Waals surface area contributed by atoms with E-state index in [1.807, 2.05) is 0 Å². The van der Waals surface area contributed by atoms with Gasteiger partial charge in [0.05, 0.1) is 12.8 Å². The number of anilines is 1. The van der Waals surface area contributed by atoms with Gasteiger partial charge in [0, 0.05) is 18.1 Å². The molecule has 0 saturated carbocycles. The third-order valence-electron chi connectivity index (χ3n) is 4.35. The van der Waals surface area contributed by atoms with E-state index in [1.54, 1.807) is 0 Å². The summed E-state index contributed by atoms with van der Waals surface area (Å²) in [5.74, 6) is -6.23. The third kappa shape index (κ3) is 3.83. The van der Waals surface area contributed by atoms with E-state index in [4.69, 9.17) is 16.3 Å². The van der Waals surface area contributed by atoms with Crippen LogP contribution in [0.4, 0.5) is 18.9 Å². The van der Waals surface area contributed by atoms with Crippen molar-refractivity contribution >= 4 is 23.3 Å². The van der Waals surface area contributed by atoms with Gasteiger partial charge in [0.1, 0.15) is 11.3 Å². The Hall–Kier alpha value is -2.41. The number of piperidine rings is 1. The second kappa shape index (κ2) is 8.08. The molecule has 27 heavy (non-hydrogen) atoms. The molecule has 0 aromatic heterocycles. The lowest BCUT2D eigenvalue weighted by Gasteiger charge is -2.31. The van der Waals surface area contributed by atoms with Gasteiger partial charge in [-0.3, -0.25) is 0 Å². The molecule has 0 unspecified atom stereocenters. The highest BCUT2D eigenvalue weighted by Crippen LogP contribution is 2.40. The fourth-order valence-corrected chi connectivity index (χ4v) is 3.17. The smallest absolute Gasteiger partial charge is 0.343 e. The number of ether oxygens (including phenoxy) is 2. The predicted octanol–water partition coefficient (Wildman–Crippen LogP) is 5.33. The van der Waals surface area contributed by atoms with Crippen LogP contribution >= 0.6 is 11.6 Å². The topological polar surface area (TPSA) is 38.8 Å². The molecule has 1 aliphatic heterocycles. The summed E-state index contributed by atoms with van der Waals surface area (Å²) >= 11 is 5.78. The van der Waals surface area contributed by atoms with Crippen LogP contribution in [0, 0.1) is 17.5 Å². The number of halogens is 4. The van der Waals surface area contributed by atoms with Crippen molar-refractivity contribution in [1.29, 1.82) is 0 Å². The monoisotopic (exact) mass is 399 g/mol. The van der Waals surface area contributed by atoms with Crippen LogP contribution in [-0.4, -0.2) is 26.2 Å². The number of carbonyl (C=O) groups excluding carboxylic acids is 1. The van der Waals surface area contributed by atoms with Gasteiger partial charge < -0.3 is 14.4 Å². The van der Waals surface area contributed by atoms with Crippen LogP contribution in [0.5, 0.6) is 11.5 Å². The summed E-state index contributed by atoms with van der Waals surface area (Å²) < 4.78 is 54.2. The summed E-state index contributed by atoms with van der Waals surface area (Å²) in [6, 6.07) is 5.73. The van der Waals surface area contributed by atoms with E-state index < -0.39 is 34.7 Å². The lowest BCUT2D eigenvalue weighted by molar-refractivity contribution is 0.0594. The lowest BCUT2D eigenvalue weighted by atomic mass is 10.0. The predicted molar refractivity (Wildman–Crippen MR) is 95.2 cm³/mol. The molecule has 3 rings (SSSR count). The van der Waals surface area contributed by atoms with Crippen molar-refractivity contribution in [3.05, 3.63) is 52.3 Å². The maximum atomic E-state index is 15.2. The van der Waals surface area contributed by atoms with E-state index in [9.17, 15) is 13.6 Å². The summed E-state index contributed by atoms with van der Waals surface area (Å²) in [5.41, 5.74) is -1.11. The fourth-order valence-electron chi connectivity index (χ4n) is 3.04. The quantitative estimate of drug-likeness (QED) is 0.514. The van der Waals surface area contributed by atoms with Crippen LogP contribution in [0.1, 0.15) is 29.6 Å². The highest BCUT2D eigenvalue weighted by atomic mass is 35.5. The highest BCUT2D eigenvalue weighted by molar-refractivity contribution is 6.30. The van der Waals surface area contributed by atoms with Gasteiger partial charge in [0.15, 0.2) is 11.6 Å². The Morgan fingerprint density at radius 3 is 2.22 bits per heavy atom. The Balaban J connectivity index is 2.15. The maximum absolute atomic E-state index is 15.2. The number of carbonyl (C=O) groups is 1. The van der Waals surface area contributed by atoms with Crippen molar-refractivity contribution in [3.63, 3.8) is 0 Å². The average Bonchev–Trinajstić information content (AvgIpc) is 2.69. The van der Waals surface area contributed by atoms with E-state index in [0.29, 0.717) is 18.1 Å². The Morgan fingerprint density at radius 2 is 1.63 bits per heavy atom. The van der Waals surface area contributed by atoms with Crippen molar-refractivity contribution in [2.75, 3.05) is 25.1 Å². The normalized spacial score (nSPS) is 14.2. The second-order valence-electron chi connectivity index (χ2n) is 6.09. The molecule has 1 fully saturated rings. The molecule has 4 nitrogen and oxygen atoms in total. The summed E-state index contributed by atoms with van der Waals surface area (Å²) in [6.45, 7) is 0.818. The summed E-state index contributed by atoms with van der Waals surface area (Å²) in [6.07, 6.45) is 2.42. The minimum atomic E-state index is -1.59. The molecule has 1 aliphatic rings. The zero-order valence-electron chi connectivity index (χ0n) is 14.5. The van der Waals surface area contributed by atoms with Gasteiger partial charge in [-0.1, -0.05) is 11.6 Å². The van der Waals surface area contributed by atoms with Gasteiger partial charge in [-0.05, 0) is 43.5 Å². The Labute approximate surface area is 159 Å². The number of methoxy groups -OCH3 is 1. The van der Waals surface area contributed by atoms with Crippen molar-refractivity contribution in [1.82, 2.24) is 0 Å². The first-order chi connectivity index (χ1) is 12.9. The Kier molecular flexibility index (Phi) is 5.79. The van der Waals surface area contributed by atoms with Crippen LogP contribution < -0.4 is 9.64 Å². The molecule has 1 saturated heterocycles. The second-order valence-corrected chi connectivity index (χ2v) is 6.53. The van der Waals surface area contributed by atoms with Crippen LogP contribution in [0.2, 0.25) is 5.02 Å². The van der Waals surface area contributed by atoms with E-state index in [0.717, 1.165) is 26.4 Å². The summed E-state index contributed by atoms with van der Waals surface area (Å²) in [7, 11) is 1.02. The number of hydrogen-bond donors (Lipinski definition) is 0.